The van der Waals surface area contributed by atoms with Gasteiger partial charge in [0.05, 0.1) is 23.8 Å². The summed E-state index contributed by atoms with van der Waals surface area (Å²) in [4.78, 5) is 11.6. The van der Waals surface area contributed by atoms with Gasteiger partial charge in [0.1, 0.15) is 0 Å². The van der Waals surface area contributed by atoms with Gasteiger partial charge in [0.15, 0.2) is 0 Å². The molecule has 2 fully saturated rings. The molecular formula is C23H21F3N3O3-. The average Bonchev–Trinajstić information content (AvgIpc) is 3.04. The van der Waals surface area contributed by atoms with Crippen molar-refractivity contribution in [3.05, 3.63) is 75.0 Å². The van der Waals surface area contributed by atoms with Crippen LogP contribution in [0.15, 0.2) is 36.4 Å². The van der Waals surface area contributed by atoms with E-state index in [0.29, 0.717) is 29.7 Å². The number of benzene rings is 2. The Hall–Kier alpha value is -2.93. The fourth-order valence-electron chi connectivity index (χ4n) is 5.06. The zero-order valence-electron chi connectivity index (χ0n) is 17.2. The maximum absolute atomic E-state index is 13.5. The maximum atomic E-state index is 13.5. The lowest BCUT2D eigenvalue weighted by Crippen LogP contribution is -2.28. The van der Waals surface area contributed by atoms with Crippen LogP contribution in [0.5, 0.6) is 0 Å². The average molecular weight is 444 g/mol. The van der Waals surface area contributed by atoms with E-state index in [4.69, 9.17) is 15.7 Å². The third-order valence-corrected chi connectivity index (χ3v) is 6.48. The van der Waals surface area contributed by atoms with Crippen LogP contribution in [-0.4, -0.2) is 24.2 Å². The van der Waals surface area contributed by atoms with Crippen LogP contribution in [0.25, 0.3) is 0 Å². The summed E-state index contributed by atoms with van der Waals surface area (Å²) in [6, 6.07) is 8.55. The van der Waals surface area contributed by atoms with E-state index in [9.17, 15) is 23.2 Å². The van der Waals surface area contributed by atoms with E-state index >= 15 is 0 Å². The quantitative estimate of drug-likeness (QED) is 0.763. The van der Waals surface area contributed by atoms with Crippen molar-refractivity contribution < 1.29 is 22.7 Å². The van der Waals surface area contributed by atoms with Gasteiger partial charge in [-0.25, -0.2) is 0 Å². The Morgan fingerprint density at radius 3 is 2.47 bits per heavy atom. The third kappa shape index (κ3) is 3.75. The summed E-state index contributed by atoms with van der Waals surface area (Å²) in [5.74, 6) is -1.01. The van der Waals surface area contributed by atoms with E-state index in [1.807, 2.05) is 0 Å². The number of hydroxylamine groups is 2. The molecule has 6 nitrogen and oxygen atoms in total. The molecule has 4 atom stereocenters. The number of nitriles is 1. The van der Waals surface area contributed by atoms with Gasteiger partial charge in [0.25, 0.3) is 0 Å². The summed E-state index contributed by atoms with van der Waals surface area (Å²) in [5, 5.41) is 23.5. The molecule has 9 heteroatoms. The van der Waals surface area contributed by atoms with Crippen LogP contribution < -0.4 is 5.73 Å². The number of carbonyl (C=O) groups excluding carboxylic acids is 1. The highest BCUT2D eigenvalue weighted by Gasteiger charge is 2.48. The molecule has 0 aromatic heterocycles. The van der Waals surface area contributed by atoms with E-state index < -0.39 is 35.3 Å². The first-order chi connectivity index (χ1) is 15.1. The number of hydrogen-bond donors (Lipinski definition) is 1. The lowest BCUT2D eigenvalue weighted by Gasteiger charge is -2.38. The Morgan fingerprint density at radius 2 is 1.84 bits per heavy atom. The zero-order chi connectivity index (χ0) is 23.2. The van der Waals surface area contributed by atoms with Gasteiger partial charge in [-0.3, -0.25) is 4.79 Å². The number of hydrogen-bond acceptors (Lipinski definition) is 5. The lowest BCUT2D eigenvalue weighted by atomic mass is 9.79. The number of nitrogens with zero attached hydrogens (tertiary/aromatic N) is 2. The number of nitrogens with two attached hydrogens (primary N) is 1. The van der Waals surface area contributed by atoms with Crippen LogP contribution in [-0.2, 0) is 10.9 Å². The monoisotopic (exact) mass is 444 g/mol. The van der Waals surface area contributed by atoms with Crippen molar-refractivity contribution >= 4 is 5.91 Å². The highest BCUT2D eigenvalue weighted by Crippen LogP contribution is 2.54. The standard InChI is InChI=1S/C23H21F3N3O3/c1-12-8-13(4-5-16(12)22(28)30)20-17-6-7-32-11-18(17)21(29(20)31)14-2-3-15(10-27)19(9-14)23(24,25)26/h2-5,8-9,17-18,20-21H,6-7,11H2,1H3,(H2,28,30)/q-1. The van der Waals surface area contributed by atoms with Crippen LogP contribution in [0, 0.1) is 35.3 Å². The number of amides is 1. The number of rotatable bonds is 3. The van der Waals surface area contributed by atoms with Crippen LogP contribution >= 0.6 is 0 Å². The molecule has 2 heterocycles. The van der Waals surface area contributed by atoms with Crippen LogP contribution in [0.3, 0.4) is 0 Å². The van der Waals surface area contributed by atoms with E-state index in [2.05, 4.69) is 0 Å². The van der Waals surface area contributed by atoms with Crippen LogP contribution in [0.1, 0.15) is 56.7 Å². The van der Waals surface area contributed by atoms with Crippen molar-refractivity contribution in [2.24, 2.45) is 17.6 Å². The molecule has 0 spiro atoms. The molecule has 168 valence electrons. The number of aryl methyl sites for hydroxylation is 1. The molecule has 32 heavy (non-hydrogen) atoms. The Balaban J connectivity index is 1.78. The SMILES string of the molecule is Cc1cc(C2C3CCOCC3C(c3ccc(C#N)c(C(F)(F)F)c3)N2[O-])ccc1C(N)=O. The molecule has 2 aliphatic rings. The Bertz CT molecular complexity index is 1100. The molecule has 2 aromatic rings. The molecule has 2 aliphatic heterocycles. The van der Waals surface area contributed by atoms with Gasteiger partial charge in [-0.15, -0.1) is 0 Å². The minimum atomic E-state index is -4.71. The Labute approximate surface area is 183 Å². The van der Waals surface area contributed by atoms with E-state index in [0.717, 1.165) is 17.2 Å². The predicted molar refractivity (Wildman–Crippen MR) is 109 cm³/mol. The smallest absolute Gasteiger partial charge is 0.417 e. The van der Waals surface area contributed by atoms with Crippen molar-refractivity contribution in [1.82, 2.24) is 5.06 Å². The molecular weight excluding hydrogens is 423 g/mol. The predicted octanol–water partition coefficient (Wildman–Crippen LogP) is 4.23. The second-order valence-corrected chi connectivity index (χ2v) is 8.29. The number of halogens is 3. The van der Waals surface area contributed by atoms with Crippen molar-refractivity contribution in [3.63, 3.8) is 0 Å². The Morgan fingerprint density at radius 1 is 1.19 bits per heavy atom. The fraction of sp³-hybridized carbons (Fsp3) is 0.391. The van der Waals surface area contributed by atoms with Gasteiger partial charge < -0.3 is 20.7 Å². The van der Waals surface area contributed by atoms with Gasteiger partial charge in [-0.1, -0.05) is 18.2 Å². The van der Waals surface area contributed by atoms with Gasteiger partial charge in [0.2, 0.25) is 5.91 Å². The highest BCUT2D eigenvalue weighted by atomic mass is 19.4. The van der Waals surface area contributed by atoms with Gasteiger partial charge >= 0.3 is 6.18 Å². The zero-order valence-corrected chi connectivity index (χ0v) is 17.2. The summed E-state index contributed by atoms with van der Waals surface area (Å²) < 4.78 is 46.1. The number of fused-ring (bicyclic) bond motifs is 1. The first-order valence-corrected chi connectivity index (χ1v) is 10.2. The van der Waals surface area contributed by atoms with Crippen molar-refractivity contribution in [2.75, 3.05) is 13.2 Å². The second-order valence-electron chi connectivity index (χ2n) is 8.29. The molecule has 2 N–H and O–H groups in total. The topological polar surface area (TPSA) is 102 Å². The summed E-state index contributed by atoms with van der Waals surface area (Å²) in [6.45, 7) is 2.44. The number of alkyl halides is 3. The van der Waals surface area contributed by atoms with Gasteiger partial charge in [-0.2, -0.15) is 18.4 Å². The summed E-state index contributed by atoms with van der Waals surface area (Å²) in [7, 11) is 0. The van der Waals surface area contributed by atoms with E-state index in [1.54, 1.807) is 31.2 Å². The number of carbonyl (C=O) groups is 1. The van der Waals surface area contributed by atoms with Gasteiger partial charge in [0, 0.05) is 30.2 Å². The minimum absolute atomic E-state index is 0.130. The number of ether oxygens (including phenoxy) is 1. The Kier molecular flexibility index (Phi) is 5.71. The highest BCUT2D eigenvalue weighted by molar-refractivity contribution is 5.94. The molecule has 0 saturated carbocycles. The van der Waals surface area contributed by atoms with Crippen molar-refractivity contribution in [1.29, 1.82) is 5.26 Å². The molecule has 0 radical (unpaired) electrons. The van der Waals surface area contributed by atoms with Crippen molar-refractivity contribution in [2.45, 2.75) is 31.6 Å². The molecule has 1 amide bonds. The normalized spacial score (nSPS) is 25.9. The summed E-state index contributed by atoms with van der Waals surface area (Å²) >= 11 is 0. The fourth-order valence-corrected chi connectivity index (χ4v) is 5.06. The molecule has 0 aliphatic carbocycles. The van der Waals surface area contributed by atoms with Crippen molar-refractivity contribution in [3.8, 4) is 6.07 Å². The second kappa shape index (κ2) is 8.20. The van der Waals surface area contributed by atoms with E-state index in [1.165, 1.54) is 6.07 Å². The molecule has 2 aromatic carbocycles. The summed E-state index contributed by atoms with van der Waals surface area (Å²) in [6.07, 6.45) is -4.12. The summed E-state index contributed by atoms with van der Waals surface area (Å²) in [5.41, 5.74) is 5.72. The first kappa shape index (κ1) is 22.3. The minimum Gasteiger partial charge on any atom is -0.784 e. The molecule has 4 unspecified atom stereocenters. The first-order valence-electron chi connectivity index (χ1n) is 10.2. The molecule has 0 bridgehead atoms. The third-order valence-electron chi connectivity index (χ3n) is 6.48. The largest absolute Gasteiger partial charge is 0.784 e. The van der Waals surface area contributed by atoms with E-state index in [-0.39, 0.29) is 24.0 Å². The van der Waals surface area contributed by atoms with Crippen LogP contribution in [0.4, 0.5) is 13.2 Å². The molecule has 2 saturated heterocycles. The maximum Gasteiger partial charge on any atom is 0.417 e. The molecule has 4 rings (SSSR count). The van der Waals surface area contributed by atoms with Crippen LogP contribution in [0.2, 0.25) is 0 Å². The van der Waals surface area contributed by atoms with Gasteiger partial charge in [-0.05, 0) is 54.2 Å². The number of primary amides is 1. The lowest BCUT2D eigenvalue weighted by molar-refractivity contribution is -0.137.